The summed E-state index contributed by atoms with van der Waals surface area (Å²) in [4.78, 5) is 24.1. The maximum Gasteiger partial charge on any atom is 0.413 e. The zero-order valence-electron chi connectivity index (χ0n) is 16.4. The predicted octanol–water partition coefficient (Wildman–Crippen LogP) is 4.63. The monoisotopic (exact) mass is 442 g/mol. The molecule has 1 saturated carbocycles. The summed E-state index contributed by atoms with van der Waals surface area (Å²) in [5.74, 6) is -2.44. The van der Waals surface area contributed by atoms with E-state index in [0.29, 0.717) is 5.56 Å². The minimum atomic E-state index is -5.00. The number of urea groups is 1. The van der Waals surface area contributed by atoms with Crippen LogP contribution in [0.4, 0.5) is 26.7 Å². The van der Waals surface area contributed by atoms with E-state index in [4.69, 9.17) is 4.74 Å². The van der Waals surface area contributed by atoms with Gasteiger partial charge in [-0.1, -0.05) is 24.3 Å². The van der Waals surface area contributed by atoms with Gasteiger partial charge in [-0.15, -0.1) is 0 Å². The summed E-state index contributed by atoms with van der Waals surface area (Å²) in [6.07, 6.45) is -4.54. The van der Waals surface area contributed by atoms with E-state index in [1.807, 2.05) is 0 Å². The highest BCUT2D eigenvalue weighted by Gasteiger charge is 2.53. The van der Waals surface area contributed by atoms with Gasteiger partial charge in [-0.3, -0.25) is 0 Å². The SMILES string of the molecule is CCOC(=O)C1(NC(=O)N[C@@H](c2ccc(-c3ccc(F)cc3)cc2F)C(F)(F)F)CC1. The van der Waals surface area contributed by atoms with E-state index in [1.54, 1.807) is 12.2 Å². The molecule has 1 aliphatic rings. The van der Waals surface area contributed by atoms with Gasteiger partial charge >= 0.3 is 18.2 Å². The van der Waals surface area contributed by atoms with E-state index in [2.05, 4.69) is 5.32 Å². The second-order valence-electron chi connectivity index (χ2n) is 7.12. The molecule has 0 aromatic heterocycles. The van der Waals surface area contributed by atoms with Gasteiger partial charge in [-0.2, -0.15) is 13.2 Å². The maximum atomic E-state index is 14.6. The molecule has 1 atom stereocenters. The number of esters is 1. The lowest BCUT2D eigenvalue weighted by Gasteiger charge is -2.24. The molecule has 2 aromatic carbocycles. The van der Waals surface area contributed by atoms with Crippen molar-refractivity contribution in [2.75, 3.05) is 6.61 Å². The third-order valence-corrected chi connectivity index (χ3v) is 4.86. The fourth-order valence-electron chi connectivity index (χ4n) is 3.08. The standard InChI is InChI=1S/C21H19F5N2O3/c1-2-31-18(29)20(9-10-20)28-19(30)27-17(21(24,25)26)15-8-5-13(11-16(15)23)12-3-6-14(22)7-4-12/h3-8,11,17H,2,9-10H2,1H3,(H2,27,28,30)/t17-/m0/s1. The number of ether oxygens (including phenoxy) is 1. The fourth-order valence-corrected chi connectivity index (χ4v) is 3.08. The number of amides is 2. The molecule has 10 heteroatoms. The first kappa shape index (κ1) is 22.5. The van der Waals surface area contributed by atoms with Crippen molar-refractivity contribution >= 4 is 12.0 Å². The minimum Gasteiger partial charge on any atom is -0.464 e. The fraction of sp³-hybridized carbons (Fsp3) is 0.333. The molecule has 0 bridgehead atoms. The zero-order valence-corrected chi connectivity index (χ0v) is 16.4. The second kappa shape index (κ2) is 8.52. The summed E-state index contributed by atoms with van der Waals surface area (Å²) in [6.45, 7) is 1.62. The minimum absolute atomic E-state index is 0.0562. The summed E-state index contributed by atoms with van der Waals surface area (Å²) in [5.41, 5.74) is -1.51. The van der Waals surface area contributed by atoms with Crippen LogP contribution in [0.5, 0.6) is 0 Å². The topological polar surface area (TPSA) is 67.4 Å². The van der Waals surface area contributed by atoms with Crippen molar-refractivity contribution in [2.24, 2.45) is 0 Å². The van der Waals surface area contributed by atoms with Crippen LogP contribution in [0.3, 0.4) is 0 Å². The Hall–Kier alpha value is -3.17. The van der Waals surface area contributed by atoms with Gasteiger partial charge < -0.3 is 15.4 Å². The molecule has 0 radical (unpaired) electrons. The van der Waals surface area contributed by atoms with Crippen LogP contribution in [0.15, 0.2) is 42.5 Å². The number of hydrogen-bond donors (Lipinski definition) is 2. The van der Waals surface area contributed by atoms with Gasteiger partial charge in [0.2, 0.25) is 0 Å². The van der Waals surface area contributed by atoms with Crippen molar-refractivity contribution in [3.05, 3.63) is 59.7 Å². The van der Waals surface area contributed by atoms with Gasteiger partial charge in [0.05, 0.1) is 6.61 Å². The van der Waals surface area contributed by atoms with Crippen molar-refractivity contribution in [3.63, 3.8) is 0 Å². The highest BCUT2D eigenvalue weighted by Crippen LogP contribution is 2.38. The van der Waals surface area contributed by atoms with Crippen LogP contribution in [-0.4, -0.2) is 30.3 Å². The predicted molar refractivity (Wildman–Crippen MR) is 101 cm³/mol. The number of halogens is 5. The van der Waals surface area contributed by atoms with Crippen molar-refractivity contribution in [1.82, 2.24) is 10.6 Å². The first-order chi connectivity index (χ1) is 14.6. The Morgan fingerprint density at radius 3 is 2.19 bits per heavy atom. The number of hydrogen-bond acceptors (Lipinski definition) is 3. The van der Waals surface area contributed by atoms with Crippen LogP contribution in [0.25, 0.3) is 11.1 Å². The molecule has 3 rings (SSSR count). The van der Waals surface area contributed by atoms with Gasteiger partial charge in [-0.25, -0.2) is 18.4 Å². The average Bonchev–Trinajstić information content (AvgIpc) is 3.47. The van der Waals surface area contributed by atoms with Crippen LogP contribution in [0, 0.1) is 11.6 Å². The van der Waals surface area contributed by atoms with Gasteiger partial charge in [0.15, 0.2) is 6.04 Å². The van der Waals surface area contributed by atoms with E-state index in [0.717, 1.165) is 24.3 Å². The second-order valence-corrected chi connectivity index (χ2v) is 7.12. The molecule has 5 nitrogen and oxygen atoms in total. The lowest BCUT2D eigenvalue weighted by molar-refractivity contribution is -0.155. The van der Waals surface area contributed by atoms with Crippen LogP contribution < -0.4 is 10.6 Å². The molecular weight excluding hydrogens is 423 g/mol. The summed E-state index contributed by atoms with van der Waals surface area (Å²) >= 11 is 0. The summed E-state index contributed by atoms with van der Waals surface area (Å²) < 4.78 is 73.3. The van der Waals surface area contributed by atoms with Gasteiger partial charge in [0.25, 0.3) is 0 Å². The molecule has 2 N–H and O–H groups in total. The number of benzene rings is 2. The highest BCUT2D eigenvalue weighted by atomic mass is 19.4. The summed E-state index contributed by atoms with van der Waals surface area (Å²) in [7, 11) is 0. The van der Waals surface area contributed by atoms with E-state index < -0.39 is 47.0 Å². The molecule has 0 unspecified atom stereocenters. The number of carbonyl (C=O) groups is 2. The van der Waals surface area contributed by atoms with E-state index in [9.17, 15) is 31.5 Å². The first-order valence-electron chi connectivity index (χ1n) is 9.44. The highest BCUT2D eigenvalue weighted by molar-refractivity contribution is 5.90. The van der Waals surface area contributed by atoms with Gasteiger partial charge in [0, 0.05) is 5.56 Å². The molecular formula is C21H19F5N2O3. The Morgan fingerprint density at radius 2 is 1.68 bits per heavy atom. The molecule has 2 aromatic rings. The molecule has 0 saturated heterocycles. The van der Waals surface area contributed by atoms with Crippen molar-refractivity contribution in [1.29, 1.82) is 0 Å². The number of carbonyl (C=O) groups excluding carboxylic acids is 2. The molecule has 0 aliphatic heterocycles. The summed E-state index contributed by atoms with van der Waals surface area (Å²) in [5, 5.41) is 3.91. The summed E-state index contributed by atoms with van der Waals surface area (Å²) in [6, 6.07) is 4.12. The van der Waals surface area contributed by atoms with E-state index in [-0.39, 0.29) is 25.0 Å². The smallest absolute Gasteiger partial charge is 0.413 e. The Balaban J connectivity index is 1.80. The lowest BCUT2D eigenvalue weighted by atomic mass is 9.99. The molecule has 0 heterocycles. The van der Waals surface area contributed by atoms with E-state index in [1.165, 1.54) is 18.2 Å². The third-order valence-electron chi connectivity index (χ3n) is 4.86. The molecule has 31 heavy (non-hydrogen) atoms. The van der Waals surface area contributed by atoms with Gasteiger partial charge in [0.1, 0.15) is 17.2 Å². The largest absolute Gasteiger partial charge is 0.464 e. The van der Waals surface area contributed by atoms with Crippen LogP contribution in [0.1, 0.15) is 31.4 Å². The number of nitrogens with one attached hydrogen (secondary N) is 2. The van der Waals surface area contributed by atoms with Crippen molar-refractivity contribution < 1.29 is 36.3 Å². The third kappa shape index (κ3) is 5.12. The Labute approximate surface area is 174 Å². The molecule has 0 spiro atoms. The number of alkyl halides is 3. The van der Waals surface area contributed by atoms with Crippen molar-refractivity contribution in [3.8, 4) is 11.1 Å². The molecule has 1 aliphatic carbocycles. The first-order valence-corrected chi connectivity index (χ1v) is 9.44. The van der Waals surface area contributed by atoms with Crippen molar-refractivity contribution in [2.45, 2.75) is 37.5 Å². The van der Waals surface area contributed by atoms with Crippen LogP contribution in [-0.2, 0) is 9.53 Å². The average molecular weight is 442 g/mol. The number of rotatable bonds is 6. The van der Waals surface area contributed by atoms with Crippen LogP contribution in [0.2, 0.25) is 0 Å². The quantitative estimate of drug-likeness (QED) is 0.507. The maximum absolute atomic E-state index is 14.6. The Morgan fingerprint density at radius 1 is 1.06 bits per heavy atom. The lowest BCUT2D eigenvalue weighted by Crippen LogP contribution is -2.51. The Kier molecular flexibility index (Phi) is 6.19. The van der Waals surface area contributed by atoms with Crippen LogP contribution >= 0.6 is 0 Å². The van der Waals surface area contributed by atoms with Gasteiger partial charge in [-0.05, 0) is 49.1 Å². The van der Waals surface area contributed by atoms with E-state index >= 15 is 0 Å². The zero-order chi connectivity index (χ0) is 22.8. The Bertz CT molecular complexity index is 972. The molecule has 166 valence electrons. The molecule has 1 fully saturated rings. The molecule has 2 amide bonds. The normalized spacial score (nSPS) is 15.7.